The molecule has 1 heterocycles. The maximum absolute atomic E-state index is 7.75. The second kappa shape index (κ2) is 1.82. The van der Waals surface area contributed by atoms with Crippen molar-refractivity contribution >= 4 is 0 Å². The van der Waals surface area contributed by atoms with Gasteiger partial charge in [0, 0.05) is 4.91 Å². The fourth-order valence-electron chi connectivity index (χ4n) is 0.301. The van der Waals surface area contributed by atoms with Crippen LogP contribution in [0.5, 0.6) is 0 Å². The van der Waals surface area contributed by atoms with E-state index in [0.29, 0.717) is 6.54 Å². The molecule has 38 valence electrons. The molecule has 1 aliphatic rings. The van der Waals surface area contributed by atoms with Crippen molar-refractivity contribution < 1.29 is 4.74 Å². The van der Waals surface area contributed by atoms with Gasteiger partial charge in [0.1, 0.15) is 0 Å². The molecular weight excluding hydrogens is 94.1 g/mol. The molecule has 0 aliphatic carbocycles. The van der Waals surface area contributed by atoms with Crippen LogP contribution in [0.15, 0.2) is 5.11 Å². The predicted octanol–water partition coefficient (Wildman–Crippen LogP) is 0.696. The third kappa shape index (κ3) is 1.43. The van der Waals surface area contributed by atoms with E-state index >= 15 is 0 Å². The Hall–Kier alpha value is -0.730. The van der Waals surface area contributed by atoms with Crippen molar-refractivity contribution in [2.45, 2.75) is 6.10 Å². The van der Waals surface area contributed by atoms with Crippen LogP contribution in [0, 0.1) is 0 Å². The molecule has 0 radical (unpaired) electrons. The molecule has 1 atom stereocenters. The molecule has 0 amide bonds. The van der Waals surface area contributed by atoms with Gasteiger partial charge in [-0.3, -0.25) is 0 Å². The molecule has 1 saturated heterocycles. The van der Waals surface area contributed by atoms with Crippen LogP contribution < -0.4 is 0 Å². The van der Waals surface area contributed by atoms with Crippen molar-refractivity contribution in [3.63, 3.8) is 0 Å². The first-order valence-electron chi connectivity index (χ1n) is 2.06. The summed E-state index contributed by atoms with van der Waals surface area (Å²) in [6.07, 6.45) is 0.232. The number of hydrogen-bond acceptors (Lipinski definition) is 2. The fraction of sp³-hybridized carbons (Fsp3) is 1.00. The van der Waals surface area contributed by atoms with Crippen molar-refractivity contribution in [1.82, 2.24) is 0 Å². The maximum atomic E-state index is 7.75. The summed E-state index contributed by atoms with van der Waals surface area (Å²) in [5, 5.41) is 3.29. The highest BCUT2D eigenvalue weighted by Gasteiger charge is 2.20. The molecule has 1 aliphatic heterocycles. The second-order valence-electron chi connectivity index (χ2n) is 1.37. The van der Waals surface area contributed by atoms with Gasteiger partial charge >= 0.3 is 0 Å². The van der Waals surface area contributed by atoms with E-state index in [4.69, 9.17) is 10.3 Å². The zero-order chi connectivity index (χ0) is 5.11. The van der Waals surface area contributed by atoms with Gasteiger partial charge in [-0.25, -0.2) is 0 Å². The molecule has 0 aromatic heterocycles. The van der Waals surface area contributed by atoms with Crippen LogP contribution in [-0.2, 0) is 4.74 Å². The second-order valence-corrected chi connectivity index (χ2v) is 1.37. The van der Waals surface area contributed by atoms with Crippen LogP contribution >= 0.6 is 0 Å². The summed E-state index contributed by atoms with van der Waals surface area (Å²) in [7, 11) is 0. The molecule has 1 fully saturated rings. The monoisotopic (exact) mass is 99.0 g/mol. The van der Waals surface area contributed by atoms with E-state index in [1.165, 1.54) is 0 Å². The Morgan fingerprint density at radius 1 is 2.00 bits per heavy atom. The highest BCUT2D eigenvalue weighted by molar-refractivity contribution is 4.71. The molecular formula is C3H5N3O. The summed E-state index contributed by atoms with van der Waals surface area (Å²) in [5.41, 5.74) is 7.75. The van der Waals surface area contributed by atoms with Crippen molar-refractivity contribution in [2.75, 3.05) is 13.2 Å². The Kier molecular flexibility index (Phi) is 1.15. The Balaban J connectivity index is 2.09. The molecule has 0 aromatic carbocycles. The van der Waals surface area contributed by atoms with Crippen LogP contribution in [0.3, 0.4) is 0 Å². The first kappa shape index (κ1) is 4.43. The van der Waals surface area contributed by atoms with Crippen LogP contribution in [0.25, 0.3) is 10.4 Å². The number of nitrogens with zero attached hydrogens (tertiary/aromatic N) is 3. The van der Waals surface area contributed by atoms with E-state index in [0.717, 1.165) is 6.61 Å². The number of rotatable bonds is 2. The highest BCUT2D eigenvalue weighted by atomic mass is 16.6. The first-order valence-corrected chi connectivity index (χ1v) is 2.06. The van der Waals surface area contributed by atoms with Gasteiger partial charge in [0.25, 0.3) is 0 Å². The minimum atomic E-state index is 0.232. The number of epoxide rings is 1. The zero-order valence-electron chi connectivity index (χ0n) is 3.74. The van der Waals surface area contributed by atoms with E-state index in [-0.39, 0.29) is 6.10 Å². The minimum absolute atomic E-state index is 0.232. The van der Waals surface area contributed by atoms with Crippen molar-refractivity contribution in [2.24, 2.45) is 5.11 Å². The van der Waals surface area contributed by atoms with Crippen LogP contribution in [0.4, 0.5) is 0 Å². The van der Waals surface area contributed by atoms with Gasteiger partial charge in [-0.05, 0) is 5.53 Å². The Bertz CT molecular complexity index is 103. The van der Waals surface area contributed by atoms with Crippen molar-refractivity contribution in [1.29, 1.82) is 0 Å². The number of hydrogen-bond donors (Lipinski definition) is 0. The van der Waals surface area contributed by atoms with Crippen LogP contribution in [0.1, 0.15) is 0 Å². The lowest BCUT2D eigenvalue weighted by Gasteiger charge is -1.72. The van der Waals surface area contributed by atoms with Gasteiger partial charge in [-0.1, -0.05) is 5.11 Å². The standard InChI is InChI=1S/C3H5N3O/c4-6-5-1-3-2-7-3/h3H,1-2H2/t3-/m1/s1. The van der Waals surface area contributed by atoms with E-state index < -0.39 is 0 Å². The lowest BCUT2D eigenvalue weighted by atomic mass is 10.5. The molecule has 0 saturated carbocycles. The summed E-state index contributed by atoms with van der Waals surface area (Å²) < 4.78 is 4.75. The average Bonchev–Trinajstić information content (AvgIpc) is 2.42. The summed E-state index contributed by atoms with van der Waals surface area (Å²) in [6, 6.07) is 0. The third-order valence-corrected chi connectivity index (χ3v) is 0.751. The number of ether oxygens (including phenoxy) is 1. The van der Waals surface area contributed by atoms with Crippen LogP contribution in [0.2, 0.25) is 0 Å². The normalized spacial score (nSPS) is 26.0. The van der Waals surface area contributed by atoms with E-state index in [2.05, 4.69) is 10.0 Å². The highest BCUT2D eigenvalue weighted by Crippen LogP contribution is 2.07. The largest absolute Gasteiger partial charge is 0.373 e. The van der Waals surface area contributed by atoms with E-state index in [9.17, 15) is 0 Å². The smallest absolute Gasteiger partial charge is 0.0866 e. The third-order valence-electron chi connectivity index (χ3n) is 0.751. The van der Waals surface area contributed by atoms with Gasteiger partial charge in [0.05, 0.1) is 19.3 Å². The Morgan fingerprint density at radius 2 is 2.71 bits per heavy atom. The molecule has 4 heteroatoms. The molecule has 0 spiro atoms. The van der Waals surface area contributed by atoms with Crippen molar-refractivity contribution in [3.05, 3.63) is 10.4 Å². The van der Waals surface area contributed by atoms with Gasteiger partial charge in [0.15, 0.2) is 0 Å². The maximum Gasteiger partial charge on any atom is 0.0866 e. The molecule has 7 heavy (non-hydrogen) atoms. The van der Waals surface area contributed by atoms with Crippen LogP contribution in [-0.4, -0.2) is 19.3 Å². The Morgan fingerprint density at radius 3 is 3.14 bits per heavy atom. The van der Waals surface area contributed by atoms with Gasteiger partial charge in [-0.2, -0.15) is 0 Å². The van der Waals surface area contributed by atoms with E-state index in [1.807, 2.05) is 0 Å². The van der Waals surface area contributed by atoms with Crippen molar-refractivity contribution in [3.8, 4) is 0 Å². The SMILES string of the molecule is [N-]=[N+]=NC[C@@H]1CO1. The first-order chi connectivity index (χ1) is 3.43. The predicted molar refractivity (Wildman–Crippen MR) is 23.8 cm³/mol. The quantitative estimate of drug-likeness (QED) is 0.217. The summed E-state index contributed by atoms with van der Waals surface area (Å²) in [6.45, 7) is 1.26. The molecule has 1 rings (SSSR count). The lowest BCUT2D eigenvalue weighted by molar-refractivity contribution is 0.412. The minimum Gasteiger partial charge on any atom is -0.373 e. The summed E-state index contributed by atoms with van der Waals surface area (Å²) in [5.74, 6) is 0. The summed E-state index contributed by atoms with van der Waals surface area (Å²) in [4.78, 5) is 2.56. The molecule has 4 nitrogen and oxygen atoms in total. The molecule has 0 N–H and O–H groups in total. The van der Waals surface area contributed by atoms with E-state index in [1.54, 1.807) is 0 Å². The number of azide groups is 1. The average molecular weight is 99.1 g/mol. The molecule has 0 bridgehead atoms. The van der Waals surface area contributed by atoms with Gasteiger partial charge < -0.3 is 4.74 Å². The fourth-order valence-corrected chi connectivity index (χ4v) is 0.301. The Labute approximate surface area is 40.7 Å². The topological polar surface area (TPSA) is 61.3 Å². The summed E-state index contributed by atoms with van der Waals surface area (Å²) >= 11 is 0. The van der Waals surface area contributed by atoms with Gasteiger partial charge in [-0.15, -0.1) is 0 Å². The van der Waals surface area contributed by atoms with Gasteiger partial charge in [0.2, 0.25) is 0 Å². The lowest BCUT2D eigenvalue weighted by Crippen LogP contribution is -1.86. The molecule has 0 aromatic rings. The molecule has 0 unspecified atom stereocenters. The zero-order valence-corrected chi connectivity index (χ0v) is 3.74.